The summed E-state index contributed by atoms with van der Waals surface area (Å²) in [4.78, 5) is 10.4. The van der Waals surface area contributed by atoms with Crippen LogP contribution in [0.2, 0.25) is 10.0 Å². The fraction of sp³-hybridized carbons (Fsp3) is 0. The first-order valence-corrected chi connectivity index (χ1v) is 6.98. The van der Waals surface area contributed by atoms with Gasteiger partial charge in [0.1, 0.15) is 0 Å². The lowest BCUT2D eigenvalue weighted by Crippen LogP contribution is -1.90. The molecule has 0 aromatic heterocycles. The van der Waals surface area contributed by atoms with Gasteiger partial charge in [0.25, 0.3) is 5.69 Å². The van der Waals surface area contributed by atoms with Crippen molar-refractivity contribution in [3.8, 4) is 0 Å². The third-order valence-electron chi connectivity index (χ3n) is 2.68. The molecule has 0 saturated carbocycles. The maximum atomic E-state index is 10.9. The molecule has 0 aliphatic carbocycles. The molecule has 0 fully saturated rings. The zero-order valence-electron chi connectivity index (χ0n) is 11.2. The highest BCUT2D eigenvalue weighted by Crippen LogP contribution is 2.24. The van der Waals surface area contributed by atoms with Crippen molar-refractivity contribution in [1.82, 2.24) is 0 Å². The molecule has 0 saturated heterocycles. The van der Waals surface area contributed by atoms with Gasteiger partial charge in [0.05, 0.1) is 26.2 Å². The van der Waals surface area contributed by atoms with Crippen LogP contribution in [-0.2, 0) is 0 Å². The molecular weight excluding hydrogens is 325 g/mol. The van der Waals surface area contributed by atoms with Crippen molar-refractivity contribution in [3.05, 3.63) is 74.3 Å². The van der Waals surface area contributed by atoms with E-state index in [1.165, 1.54) is 12.3 Å². The van der Waals surface area contributed by atoms with Gasteiger partial charge in [-0.25, -0.2) is 0 Å². The minimum Gasteiger partial charge on any atom is -0.278 e. The first kappa shape index (κ1) is 16.0. The first-order chi connectivity index (χ1) is 10.6. The summed E-state index contributed by atoms with van der Waals surface area (Å²) in [6.07, 6.45) is 4.70. The Hall–Kier alpha value is -2.37. The predicted molar refractivity (Wildman–Crippen MR) is 90.7 cm³/mol. The second-order valence-electron chi connectivity index (χ2n) is 4.19. The molecule has 112 valence electrons. The van der Waals surface area contributed by atoms with E-state index in [0.29, 0.717) is 21.3 Å². The number of hydrazone groups is 1. The van der Waals surface area contributed by atoms with Gasteiger partial charge >= 0.3 is 0 Å². The number of nitro groups is 1. The summed E-state index contributed by atoms with van der Waals surface area (Å²) in [6.45, 7) is 0. The van der Waals surface area contributed by atoms with Crippen molar-refractivity contribution in [2.45, 2.75) is 0 Å². The lowest BCUT2D eigenvalue weighted by atomic mass is 10.2. The van der Waals surface area contributed by atoms with Gasteiger partial charge in [-0.05, 0) is 36.4 Å². The summed E-state index contributed by atoms with van der Waals surface area (Å²) < 4.78 is 0. The van der Waals surface area contributed by atoms with Gasteiger partial charge in [0.15, 0.2) is 0 Å². The monoisotopic (exact) mass is 335 g/mol. The zero-order chi connectivity index (χ0) is 15.9. The number of rotatable bonds is 5. The molecule has 0 amide bonds. The van der Waals surface area contributed by atoms with Gasteiger partial charge in [-0.3, -0.25) is 15.5 Å². The maximum absolute atomic E-state index is 10.9. The predicted octanol–water partition coefficient (Wildman–Crippen LogP) is 5.01. The average Bonchev–Trinajstić information content (AvgIpc) is 2.50. The average molecular weight is 336 g/mol. The van der Waals surface area contributed by atoms with Crippen LogP contribution in [0, 0.1) is 10.1 Å². The molecule has 1 N–H and O–H groups in total. The standard InChI is InChI=1S/C15H11Cl2N3O2/c16-13-8-7-12(10-14(13)17)19-18-9-3-5-11-4-1-2-6-15(11)20(21)22/h1-10,19H/b5-3+,18-9+. The maximum Gasteiger partial charge on any atom is 0.276 e. The van der Waals surface area contributed by atoms with Crippen molar-refractivity contribution in [2.24, 2.45) is 5.10 Å². The minimum atomic E-state index is -0.426. The Kier molecular flexibility index (Phi) is 5.52. The second kappa shape index (κ2) is 7.59. The lowest BCUT2D eigenvalue weighted by molar-refractivity contribution is -0.385. The Morgan fingerprint density at radius 1 is 1.14 bits per heavy atom. The van der Waals surface area contributed by atoms with Gasteiger partial charge in [0.2, 0.25) is 0 Å². The van der Waals surface area contributed by atoms with Crippen LogP contribution in [0.15, 0.2) is 53.6 Å². The number of allylic oxidation sites excluding steroid dienone is 1. The Morgan fingerprint density at radius 2 is 1.91 bits per heavy atom. The molecule has 7 heteroatoms. The van der Waals surface area contributed by atoms with Gasteiger partial charge in [-0.2, -0.15) is 5.10 Å². The van der Waals surface area contributed by atoms with Crippen LogP contribution in [0.5, 0.6) is 0 Å². The summed E-state index contributed by atoms with van der Waals surface area (Å²) in [5.74, 6) is 0. The summed E-state index contributed by atoms with van der Waals surface area (Å²) >= 11 is 11.7. The number of benzene rings is 2. The van der Waals surface area contributed by atoms with Crippen LogP contribution < -0.4 is 5.43 Å². The molecule has 2 rings (SSSR count). The number of nitro benzene ring substituents is 1. The van der Waals surface area contributed by atoms with Crippen molar-refractivity contribution < 1.29 is 4.92 Å². The van der Waals surface area contributed by atoms with Crippen LogP contribution in [0.1, 0.15) is 5.56 Å². The topological polar surface area (TPSA) is 67.5 Å². The Bertz CT molecular complexity index is 745. The van der Waals surface area contributed by atoms with Crippen molar-refractivity contribution >= 4 is 46.9 Å². The summed E-state index contributed by atoms with van der Waals surface area (Å²) in [7, 11) is 0. The van der Waals surface area contributed by atoms with Gasteiger partial charge in [-0.15, -0.1) is 0 Å². The Morgan fingerprint density at radius 3 is 2.64 bits per heavy atom. The van der Waals surface area contributed by atoms with E-state index >= 15 is 0 Å². The zero-order valence-corrected chi connectivity index (χ0v) is 12.8. The smallest absolute Gasteiger partial charge is 0.276 e. The third kappa shape index (κ3) is 4.31. The normalized spacial score (nSPS) is 11.2. The van der Waals surface area contributed by atoms with E-state index in [-0.39, 0.29) is 5.69 Å². The number of nitrogens with one attached hydrogen (secondary N) is 1. The molecular formula is C15H11Cl2N3O2. The van der Waals surface area contributed by atoms with E-state index in [0.717, 1.165) is 0 Å². The number of halogens is 2. The minimum absolute atomic E-state index is 0.0459. The summed E-state index contributed by atoms with van der Waals surface area (Å²) in [5.41, 5.74) is 4.02. The van der Waals surface area contributed by atoms with Crippen LogP contribution >= 0.6 is 23.2 Å². The molecule has 2 aromatic rings. The number of hydrogen-bond acceptors (Lipinski definition) is 4. The second-order valence-corrected chi connectivity index (χ2v) is 5.01. The molecule has 0 atom stereocenters. The SMILES string of the molecule is O=[N+]([O-])c1ccccc1/C=C/C=N/Nc1ccc(Cl)c(Cl)c1. The van der Waals surface area contributed by atoms with Crippen molar-refractivity contribution in [3.63, 3.8) is 0 Å². The summed E-state index contributed by atoms with van der Waals surface area (Å²) in [5, 5.41) is 15.7. The van der Waals surface area contributed by atoms with Gasteiger partial charge < -0.3 is 0 Å². The molecule has 2 aromatic carbocycles. The molecule has 0 aliphatic heterocycles. The highest BCUT2D eigenvalue weighted by Gasteiger charge is 2.08. The molecule has 0 bridgehead atoms. The van der Waals surface area contributed by atoms with E-state index in [4.69, 9.17) is 23.2 Å². The largest absolute Gasteiger partial charge is 0.278 e. The Balaban J connectivity index is 2.00. The summed E-state index contributed by atoms with van der Waals surface area (Å²) in [6, 6.07) is 11.5. The van der Waals surface area contributed by atoms with Crippen LogP contribution in [-0.4, -0.2) is 11.1 Å². The van der Waals surface area contributed by atoms with Crippen molar-refractivity contribution in [2.75, 3.05) is 5.43 Å². The fourth-order valence-electron chi connectivity index (χ4n) is 1.66. The molecule has 22 heavy (non-hydrogen) atoms. The lowest BCUT2D eigenvalue weighted by Gasteiger charge is -2.01. The molecule has 0 heterocycles. The number of nitrogens with zero attached hydrogens (tertiary/aromatic N) is 2. The van der Waals surface area contributed by atoms with Crippen LogP contribution in [0.3, 0.4) is 0 Å². The molecule has 0 radical (unpaired) electrons. The van der Waals surface area contributed by atoms with Gasteiger partial charge in [-0.1, -0.05) is 35.3 Å². The van der Waals surface area contributed by atoms with Gasteiger partial charge in [0, 0.05) is 12.3 Å². The van der Waals surface area contributed by atoms with E-state index in [2.05, 4.69) is 10.5 Å². The molecule has 5 nitrogen and oxygen atoms in total. The first-order valence-electron chi connectivity index (χ1n) is 6.22. The van der Waals surface area contributed by atoms with E-state index < -0.39 is 4.92 Å². The number of anilines is 1. The number of para-hydroxylation sites is 1. The van der Waals surface area contributed by atoms with Crippen LogP contribution in [0.25, 0.3) is 6.08 Å². The van der Waals surface area contributed by atoms with E-state index in [1.807, 2.05) is 0 Å². The van der Waals surface area contributed by atoms with E-state index in [9.17, 15) is 10.1 Å². The van der Waals surface area contributed by atoms with E-state index in [1.54, 1.807) is 48.6 Å². The highest BCUT2D eigenvalue weighted by molar-refractivity contribution is 6.42. The van der Waals surface area contributed by atoms with Crippen molar-refractivity contribution in [1.29, 1.82) is 0 Å². The fourth-order valence-corrected chi connectivity index (χ4v) is 1.96. The molecule has 0 spiro atoms. The molecule has 0 aliphatic rings. The highest BCUT2D eigenvalue weighted by atomic mass is 35.5. The molecule has 0 unspecified atom stereocenters. The third-order valence-corrected chi connectivity index (χ3v) is 3.42. The Labute approximate surface area is 137 Å². The van der Waals surface area contributed by atoms with Crippen LogP contribution in [0.4, 0.5) is 11.4 Å². The quantitative estimate of drug-likeness (QED) is 0.474. The number of hydrogen-bond donors (Lipinski definition) is 1.